The van der Waals surface area contributed by atoms with Crippen LogP contribution in [0.5, 0.6) is 0 Å². The van der Waals surface area contributed by atoms with Crippen molar-refractivity contribution in [2.45, 2.75) is 57.7 Å². The van der Waals surface area contributed by atoms with E-state index in [1.165, 1.54) is 6.42 Å². The quantitative estimate of drug-likeness (QED) is 0.640. The van der Waals surface area contributed by atoms with Crippen LogP contribution in [0.4, 0.5) is 0 Å². The summed E-state index contributed by atoms with van der Waals surface area (Å²) in [6, 6.07) is 6.04. The standard InChI is InChI=1S/C12H19NS2.C2H6/c1-10(2)9-12(3,4)15-14-11-7-5-6-8-13-11;1-2/h5-8,10H,9H2,1-4H3;1-2H3. The molecule has 1 aromatic heterocycles. The van der Waals surface area contributed by atoms with E-state index in [0.29, 0.717) is 4.75 Å². The molecule has 1 heterocycles. The minimum Gasteiger partial charge on any atom is -0.249 e. The molecule has 0 unspecified atom stereocenters. The van der Waals surface area contributed by atoms with E-state index in [1.807, 2.05) is 43.0 Å². The van der Waals surface area contributed by atoms with Crippen molar-refractivity contribution in [2.75, 3.05) is 0 Å². The van der Waals surface area contributed by atoms with Gasteiger partial charge in [-0.1, -0.05) is 44.6 Å². The van der Waals surface area contributed by atoms with Crippen LogP contribution >= 0.6 is 21.6 Å². The fraction of sp³-hybridized carbons (Fsp3) is 0.643. The van der Waals surface area contributed by atoms with E-state index in [9.17, 15) is 0 Å². The molecule has 0 aromatic carbocycles. The normalized spacial score (nSPS) is 11.0. The first-order valence-corrected chi connectivity index (χ1v) is 8.41. The van der Waals surface area contributed by atoms with Gasteiger partial charge < -0.3 is 0 Å². The zero-order valence-electron chi connectivity index (χ0n) is 11.9. The zero-order valence-corrected chi connectivity index (χ0v) is 13.5. The van der Waals surface area contributed by atoms with Gasteiger partial charge >= 0.3 is 0 Å². The van der Waals surface area contributed by atoms with E-state index < -0.39 is 0 Å². The van der Waals surface area contributed by atoms with Crippen molar-refractivity contribution in [1.82, 2.24) is 4.98 Å². The average Bonchev–Trinajstić information content (AvgIpc) is 2.29. The lowest BCUT2D eigenvalue weighted by atomic mass is 10.0. The van der Waals surface area contributed by atoms with Crippen molar-refractivity contribution >= 4 is 21.6 Å². The molecular weight excluding hydrogens is 246 g/mol. The fourth-order valence-electron chi connectivity index (χ4n) is 1.57. The first-order valence-electron chi connectivity index (χ1n) is 6.26. The van der Waals surface area contributed by atoms with Crippen LogP contribution in [0.15, 0.2) is 29.4 Å². The zero-order chi connectivity index (χ0) is 13.3. The summed E-state index contributed by atoms with van der Waals surface area (Å²) in [6.07, 6.45) is 3.08. The Balaban J connectivity index is 0.00000121. The van der Waals surface area contributed by atoms with Crippen LogP contribution in [0.3, 0.4) is 0 Å². The molecule has 0 saturated carbocycles. The highest BCUT2D eigenvalue weighted by Crippen LogP contribution is 2.42. The molecule has 98 valence electrons. The Morgan fingerprint density at radius 2 is 1.88 bits per heavy atom. The molecule has 0 bridgehead atoms. The van der Waals surface area contributed by atoms with Crippen LogP contribution in [0.1, 0.15) is 48.0 Å². The van der Waals surface area contributed by atoms with Gasteiger partial charge in [0.1, 0.15) is 5.03 Å². The summed E-state index contributed by atoms with van der Waals surface area (Å²) in [5, 5.41) is 1.10. The number of pyridine rings is 1. The van der Waals surface area contributed by atoms with Crippen LogP contribution < -0.4 is 0 Å². The molecule has 0 spiro atoms. The molecular formula is C14H25NS2. The van der Waals surface area contributed by atoms with Gasteiger partial charge in [0.2, 0.25) is 0 Å². The summed E-state index contributed by atoms with van der Waals surface area (Å²) in [5.74, 6) is 0.747. The van der Waals surface area contributed by atoms with Gasteiger partial charge in [-0.25, -0.2) is 4.98 Å². The monoisotopic (exact) mass is 271 g/mol. The SMILES string of the molecule is CC.CC(C)CC(C)(C)SSc1ccccn1. The summed E-state index contributed by atoms with van der Waals surface area (Å²) in [6.45, 7) is 13.1. The third-order valence-electron chi connectivity index (χ3n) is 1.89. The van der Waals surface area contributed by atoms with Crippen molar-refractivity contribution in [2.24, 2.45) is 5.92 Å². The van der Waals surface area contributed by atoms with Crippen molar-refractivity contribution in [3.8, 4) is 0 Å². The third-order valence-corrected chi connectivity index (χ3v) is 5.12. The molecule has 0 fully saturated rings. The second kappa shape index (κ2) is 8.87. The number of rotatable bonds is 5. The molecule has 17 heavy (non-hydrogen) atoms. The molecule has 1 aromatic rings. The Bertz CT molecular complexity index is 284. The summed E-state index contributed by atoms with van der Waals surface area (Å²) in [5.41, 5.74) is 0. The largest absolute Gasteiger partial charge is 0.249 e. The molecule has 0 saturated heterocycles. The predicted octanol–water partition coefficient (Wildman–Crippen LogP) is 5.67. The highest BCUT2D eigenvalue weighted by atomic mass is 33.1. The van der Waals surface area contributed by atoms with Gasteiger partial charge in [0.25, 0.3) is 0 Å². The van der Waals surface area contributed by atoms with E-state index in [-0.39, 0.29) is 0 Å². The topological polar surface area (TPSA) is 12.9 Å². The van der Waals surface area contributed by atoms with Gasteiger partial charge in [-0.2, -0.15) is 0 Å². The van der Waals surface area contributed by atoms with Crippen molar-refractivity contribution in [3.05, 3.63) is 24.4 Å². The van der Waals surface area contributed by atoms with Gasteiger partial charge in [-0.05, 0) is 49.1 Å². The molecule has 0 aliphatic heterocycles. The van der Waals surface area contributed by atoms with Crippen LogP contribution in [0, 0.1) is 5.92 Å². The predicted molar refractivity (Wildman–Crippen MR) is 82.6 cm³/mol. The number of aromatic nitrogens is 1. The molecule has 0 amide bonds. The van der Waals surface area contributed by atoms with Crippen LogP contribution in [0.25, 0.3) is 0 Å². The molecule has 3 heteroatoms. The Hall–Kier alpha value is -0.150. The van der Waals surface area contributed by atoms with Crippen LogP contribution in [0.2, 0.25) is 0 Å². The molecule has 0 N–H and O–H groups in total. The van der Waals surface area contributed by atoms with E-state index in [4.69, 9.17) is 0 Å². The lowest BCUT2D eigenvalue weighted by Gasteiger charge is -2.24. The molecule has 0 atom stereocenters. The number of hydrogen-bond donors (Lipinski definition) is 0. The average molecular weight is 271 g/mol. The second-order valence-corrected chi connectivity index (χ2v) is 7.55. The minimum absolute atomic E-state index is 0.316. The van der Waals surface area contributed by atoms with E-state index in [2.05, 4.69) is 38.7 Å². The van der Waals surface area contributed by atoms with E-state index in [0.717, 1.165) is 10.9 Å². The maximum Gasteiger partial charge on any atom is 0.106 e. The minimum atomic E-state index is 0.316. The maximum atomic E-state index is 4.30. The Labute approximate surface area is 115 Å². The van der Waals surface area contributed by atoms with Gasteiger partial charge in [-0.15, -0.1) is 0 Å². The molecule has 1 nitrogen and oxygen atoms in total. The van der Waals surface area contributed by atoms with E-state index >= 15 is 0 Å². The Morgan fingerprint density at radius 1 is 1.24 bits per heavy atom. The van der Waals surface area contributed by atoms with Gasteiger partial charge in [0.05, 0.1) is 0 Å². The number of nitrogens with zero attached hydrogens (tertiary/aromatic N) is 1. The molecule has 1 rings (SSSR count). The van der Waals surface area contributed by atoms with Gasteiger partial charge in [-0.3, -0.25) is 0 Å². The lowest BCUT2D eigenvalue weighted by molar-refractivity contribution is 0.505. The summed E-state index contributed by atoms with van der Waals surface area (Å²) >= 11 is 0. The van der Waals surface area contributed by atoms with E-state index in [1.54, 1.807) is 10.8 Å². The second-order valence-electron chi connectivity index (χ2n) is 4.69. The summed E-state index contributed by atoms with van der Waals surface area (Å²) in [7, 11) is 3.69. The third kappa shape index (κ3) is 8.56. The van der Waals surface area contributed by atoms with Crippen molar-refractivity contribution in [3.63, 3.8) is 0 Å². The van der Waals surface area contributed by atoms with Gasteiger partial charge in [0, 0.05) is 10.9 Å². The smallest absolute Gasteiger partial charge is 0.106 e. The van der Waals surface area contributed by atoms with Crippen LogP contribution in [-0.4, -0.2) is 9.73 Å². The highest BCUT2D eigenvalue weighted by Gasteiger charge is 2.20. The number of hydrogen-bond acceptors (Lipinski definition) is 3. The van der Waals surface area contributed by atoms with Crippen LogP contribution in [-0.2, 0) is 0 Å². The summed E-state index contributed by atoms with van der Waals surface area (Å²) < 4.78 is 0.316. The van der Waals surface area contributed by atoms with Gasteiger partial charge in [0.15, 0.2) is 0 Å². The molecule has 0 aliphatic carbocycles. The molecule has 0 radical (unpaired) electrons. The summed E-state index contributed by atoms with van der Waals surface area (Å²) in [4.78, 5) is 4.30. The Morgan fingerprint density at radius 3 is 2.35 bits per heavy atom. The first kappa shape index (κ1) is 16.9. The fourth-order valence-corrected chi connectivity index (χ4v) is 3.95. The molecule has 0 aliphatic rings. The van der Waals surface area contributed by atoms with Crippen molar-refractivity contribution < 1.29 is 0 Å². The lowest BCUT2D eigenvalue weighted by Crippen LogP contribution is -2.16. The highest BCUT2D eigenvalue weighted by molar-refractivity contribution is 8.77. The maximum absolute atomic E-state index is 4.30. The first-order chi connectivity index (χ1) is 7.99. The Kier molecular flexibility index (Phi) is 8.79. The van der Waals surface area contributed by atoms with Crippen molar-refractivity contribution in [1.29, 1.82) is 0 Å².